The fourth-order valence-corrected chi connectivity index (χ4v) is 3.79. The first-order valence-corrected chi connectivity index (χ1v) is 7.70. The number of ether oxygens (including phenoxy) is 1. The lowest BCUT2D eigenvalue weighted by molar-refractivity contribution is -0.385. The van der Waals surface area contributed by atoms with Gasteiger partial charge in [-0.3, -0.25) is 10.1 Å². The van der Waals surface area contributed by atoms with E-state index in [1.165, 1.54) is 16.4 Å². The number of sulfonamides is 1. The number of nitrogens with zero attached hydrogens (tertiary/aromatic N) is 2. The first-order valence-electron chi connectivity index (χ1n) is 6.26. The molecule has 110 valence electrons. The summed E-state index contributed by atoms with van der Waals surface area (Å²) in [4.78, 5) is 10.2. The van der Waals surface area contributed by atoms with Crippen LogP contribution in [0.2, 0.25) is 0 Å². The summed E-state index contributed by atoms with van der Waals surface area (Å²) in [6.45, 7) is 3.13. The monoisotopic (exact) mass is 300 g/mol. The SMILES string of the molecule is Cc1ccc([N+](=O)[O-])cc1S(=O)(=O)N1CCCOCC1. The maximum Gasteiger partial charge on any atom is 0.270 e. The molecule has 1 aromatic carbocycles. The summed E-state index contributed by atoms with van der Waals surface area (Å²) < 4.78 is 31.7. The third kappa shape index (κ3) is 2.97. The lowest BCUT2D eigenvalue weighted by Gasteiger charge is -2.20. The van der Waals surface area contributed by atoms with Crippen LogP contribution in [-0.4, -0.2) is 43.9 Å². The van der Waals surface area contributed by atoms with Crippen molar-refractivity contribution in [3.63, 3.8) is 0 Å². The maximum atomic E-state index is 12.6. The topological polar surface area (TPSA) is 89.8 Å². The number of hydrogen-bond acceptors (Lipinski definition) is 5. The average molecular weight is 300 g/mol. The van der Waals surface area contributed by atoms with E-state index in [9.17, 15) is 18.5 Å². The lowest BCUT2D eigenvalue weighted by Crippen LogP contribution is -2.33. The Hall–Kier alpha value is -1.51. The summed E-state index contributed by atoms with van der Waals surface area (Å²) in [5.74, 6) is 0. The highest BCUT2D eigenvalue weighted by atomic mass is 32.2. The second kappa shape index (κ2) is 5.86. The van der Waals surface area contributed by atoms with Gasteiger partial charge in [0.1, 0.15) is 0 Å². The van der Waals surface area contributed by atoms with Gasteiger partial charge < -0.3 is 4.74 Å². The standard InChI is InChI=1S/C12H16N2O5S/c1-10-3-4-11(14(15)16)9-12(10)20(17,18)13-5-2-7-19-8-6-13/h3-4,9H,2,5-8H2,1H3. The highest BCUT2D eigenvalue weighted by molar-refractivity contribution is 7.89. The Bertz CT molecular complexity index is 606. The van der Waals surface area contributed by atoms with Crippen molar-refractivity contribution in [2.45, 2.75) is 18.2 Å². The predicted octanol–water partition coefficient (Wildman–Crippen LogP) is 1.31. The molecular weight excluding hydrogens is 284 g/mol. The molecule has 1 heterocycles. The summed E-state index contributed by atoms with van der Waals surface area (Å²) in [5, 5.41) is 10.8. The van der Waals surface area contributed by atoms with Crippen LogP contribution >= 0.6 is 0 Å². The van der Waals surface area contributed by atoms with E-state index in [-0.39, 0.29) is 17.1 Å². The van der Waals surface area contributed by atoms with Crippen LogP contribution in [0.1, 0.15) is 12.0 Å². The van der Waals surface area contributed by atoms with Crippen LogP contribution in [-0.2, 0) is 14.8 Å². The highest BCUT2D eigenvalue weighted by Gasteiger charge is 2.28. The largest absolute Gasteiger partial charge is 0.380 e. The van der Waals surface area contributed by atoms with Crippen molar-refractivity contribution in [2.24, 2.45) is 0 Å². The van der Waals surface area contributed by atoms with Crippen molar-refractivity contribution in [3.8, 4) is 0 Å². The fraction of sp³-hybridized carbons (Fsp3) is 0.500. The minimum atomic E-state index is -3.72. The average Bonchev–Trinajstić information content (AvgIpc) is 2.68. The van der Waals surface area contributed by atoms with E-state index in [0.29, 0.717) is 31.7 Å². The second-order valence-electron chi connectivity index (χ2n) is 4.58. The summed E-state index contributed by atoms with van der Waals surface area (Å²) >= 11 is 0. The molecule has 0 unspecified atom stereocenters. The van der Waals surface area contributed by atoms with Gasteiger partial charge >= 0.3 is 0 Å². The Morgan fingerprint density at radius 3 is 2.75 bits per heavy atom. The normalized spacial score (nSPS) is 17.6. The van der Waals surface area contributed by atoms with E-state index in [4.69, 9.17) is 4.74 Å². The quantitative estimate of drug-likeness (QED) is 0.620. The second-order valence-corrected chi connectivity index (χ2v) is 6.48. The van der Waals surface area contributed by atoms with Crippen molar-refractivity contribution in [1.29, 1.82) is 0 Å². The van der Waals surface area contributed by atoms with Crippen LogP contribution in [0, 0.1) is 17.0 Å². The van der Waals surface area contributed by atoms with Gasteiger partial charge in [0.05, 0.1) is 16.4 Å². The Balaban J connectivity index is 2.42. The first-order chi connectivity index (χ1) is 9.43. The van der Waals surface area contributed by atoms with Gasteiger partial charge in [0, 0.05) is 31.8 Å². The van der Waals surface area contributed by atoms with Crippen LogP contribution in [0.4, 0.5) is 5.69 Å². The minimum absolute atomic E-state index is 0.00593. The highest BCUT2D eigenvalue weighted by Crippen LogP contribution is 2.25. The first kappa shape index (κ1) is 14.9. The molecule has 20 heavy (non-hydrogen) atoms. The Kier molecular flexibility index (Phi) is 4.36. The number of aryl methyl sites for hydroxylation is 1. The van der Waals surface area contributed by atoms with Crippen molar-refractivity contribution in [1.82, 2.24) is 4.31 Å². The van der Waals surface area contributed by atoms with Crippen LogP contribution in [0.3, 0.4) is 0 Å². The fourth-order valence-electron chi connectivity index (χ4n) is 2.08. The van der Waals surface area contributed by atoms with Gasteiger partial charge in [-0.2, -0.15) is 4.31 Å². The number of rotatable bonds is 3. The third-order valence-corrected chi connectivity index (χ3v) is 5.22. The van der Waals surface area contributed by atoms with E-state index in [2.05, 4.69) is 0 Å². The molecule has 2 rings (SSSR count). The van der Waals surface area contributed by atoms with Crippen molar-refractivity contribution in [3.05, 3.63) is 33.9 Å². The molecular formula is C12H16N2O5S. The molecule has 0 aliphatic carbocycles. The van der Waals surface area contributed by atoms with Gasteiger partial charge in [0.2, 0.25) is 10.0 Å². The molecule has 1 aliphatic rings. The van der Waals surface area contributed by atoms with Gasteiger partial charge in [-0.05, 0) is 18.9 Å². The number of non-ortho nitro benzene ring substituents is 1. The van der Waals surface area contributed by atoms with Crippen LogP contribution < -0.4 is 0 Å². The molecule has 0 radical (unpaired) electrons. The van der Waals surface area contributed by atoms with E-state index >= 15 is 0 Å². The molecule has 1 aliphatic heterocycles. The Morgan fingerprint density at radius 1 is 1.30 bits per heavy atom. The molecule has 0 amide bonds. The van der Waals surface area contributed by atoms with Crippen LogP contribution in [0.15, 0.2) is 23.1 Å². The minimum Gasteiger partial charge on any atom is -0.380 e. The smallest absolute Gasteiger partial charge is 0.270 e. The van der Waals surface area contributed by atoms with Gasteiger partial charge in [-0.25, -0.2) is 8.42 Å². The molecule has 0 atom stereocenters. The molecule has 1 saturated heterocycles. The molecule has 1 aromatic rings. The Morgan fingerprint density at radius 2 is 2.05 bits per heavy atom. The number of hydrogen-bond donors (Lipinski definition) is 0. The van der Waals surface area contributed by atoms with Crippen LogP contribution in [0.5, 0.6) is 0 Å². The number of benzene rings is 1. The van der Waals surface area contributed by atoms with E-state index < -0.39 is 14.9 Å². The van der Waals surface area contributed by atoms with E-state index in [1.54, 1.807) is 6.92 Å². The van der Waals surface area contributed by atoms with Gasteiger partial charge in [-0.1, -0.05) is 6.07 Å². The van der Waals surface area contributed by atoms with Gasteiger partial charge in [0.25, 0.3) is 5.69 Å². The zero-order valence-electron chi connectivity index (χ0n) is 11.1. The van der Waals surface area contributed by atoms with E-state index in [0.717, 1.165) is 6.07 Å². The molecule has 7 nitrogen and oxygen atoms in total. The predicted molar refractivity (Wildman–Crippen MR) is 72.0 cm³/mol. The molecule has 1 fully saturated rings. The van der Waals surface area contributed by atoms with Crippen molar-refractivity contribution in [2.75, 3.05) is 26.3 Å². The summed E-state index contributed by atoms with van der Waals surface area (Å²) in [6, 6.07) is 3.88. The zero-order valence-corrected chi connectivity index (χ0v) is 11.9. The summed E-state index contributed by atoms with van der Waals surface area (Å²) in [6.07, 6.45) is 0.618. The van der Waals surface area contributed by atoms with Crippen molar-refractivity contribution >= 4 is 15.7 Å². The molecule has 0 saturated carbocycles. The van der Waals surface area contributed by atoms with Gasteiger partial charge in [0.15, 0.2) is 0 Å². The van der Waals surface area contributed by atoms with Gasteiger partial charge in [-0.15, -0.1) is 0 Å². The van der Waals surface area contributed by atoms with Crippen LogP contribution in [0.25, 0.3) is 0 Å². The maximum absolute atomic E-state index is 12.6. The molecule has 8 heteroatoms. The third-order valence-electron chi connectivity index (χ3n) is 3.18. The number of nitro groups is 1. The van der Waals surface area contributed by atoms with Crippen molar-refractivity contribution < 1.29 is 18.1 Å². The molecule has 0 spiro atoms. The summed E-state index contributed by atoms with van der Waals surface area (Å²) in [7, 11) is -3.72. The summed E-state index contributed by atoms with van der Waals surface area (Å²) in [5.41, 5.74) is 0.279. The number of nitro benzene ring substituents is 1. The van der Waals surface area contributed by atoms with E-state index in [1.807, 2.05) is 0 Å². The Labute approximate surface area is 117 Å². The molecule has 0 aromatic heterocycles. The molecule has 0 bridgehead atoms. The zero-order chi connectivity index (χ0) is 14.8. The molecule has 0 N–H and O–H groups in total. The lowest BCUT2D eigenvalue weighted by atomic mass is 10.2.